The first kappa shape index (κ1) is 16.9. The predicted molar refractivity (Wildman–Crippen MR) is 82.7 cm³/mol. The molecule has 0 atom stereocenters. The first-order valence-corrected chi connectivity index (χ1v) is 7.12. The Bertz CT molecular complexity index is 695. The van der Waals surface area contributed by atoms with Crippen molar-refractivity contribution in [2.45, 2.75) is 32.9 Å². The first-order chi connectivity index (χ1) is 10.7. The monoisotopic (exact) mass is 320 g/mol. The second-order valence-electron chi connectivity index (χ2n) is 6.03. The maximum atomic E-state index is 13.5. The molecule has 1 heterocycles. The molecule has 0 unspecified atom stereocenters. The zero-order chi connectivity index (χ0) is 17.0. The molecular formula is C17H18F2N2O2. The highest BCUT2D eigenvalue weighted by molar-refractivity contribution is 5.70. The summed E-state index contributed by atoms with van der Waals surface area (Å²) in [5, 5.41) is 2.62. The van der Waals surface area contributed by atoms with Gasteiger partial charge in [0.25, 0.3) is 0 Å². The number of pyridine rings is 1. The van der Waals surface area contributed by atoms with Gasteiger partial charge in [-0.15, -0.1) is 0 Å². The quantitative estimate of drug-likeness (QED) is 0.868. The molecule has 0 spiro atoms. The van der Waals surface area contributed by atoms with Crippen molar-refractivity contribution in [2.24, 2.45) is 0 Å². The third-order valence-electron chi connectivity index (χ3n) is 2.93. The van der Waals surface area contributed by atoms with E-state index in [-0.39, 0.29) is 6.54 Å². The smallest absolute Gasteiger partial charge is 0.407 e. The molecule has 2 aromatic rings. The van der Waals surface area contributed by atoms with Crippen molar-refractivity contribution >= 4 is 6.09 Å². The Morgan fingerprint density at radius 1 is 1.22 bits per heavy atom. The standard InChI is InChI=1S/C17H18F2N2O2/c1-17(2,3)23-16(22)21-10-11-4-6-13(18)8-14(11)12-5-7-15(19)20-9-12/h4-9H,10H2,1-3H3,(H,21,22). The summed E-state index contributed by atoms with van der Waals surface area (Å²) in [5.41, 5.74) is 1.17. The average Bonchev–Trinajstić information content (AvgIpc) is 2.45. The average molecular weight is 320 g/mol. The van der Waals surface area contributed by atoms with Gasteiger partial charge in [0.1, 0.15) is 11.4 Å². The van der Waals surface area contributed by atoms with E-state index in [9.17, 15) is 13.6 Å². The van der Waals surface area contributed by atoms with Gasteiger partial charge in [-0.25, -0.2) is 14.2 Å². The van der Waals surface area contributed by atoms with Gasteiger partial charge in [0.05, 0.1) is 0 Å². The number of hydrogen-bond acceptors (Lipinski definition) is 3. The second kappa shape index (κ2) is 6.73. The molecule has 1 amide bonds. The van der Waals surface area contributed by atoms with Crippen LogP contribution in [0, 0.1) is 11.8 Å². The van der Waals surface area contributed by atoms with Gasteiger partial charge in [-0.05, 0) is 56.2 Å². The van der Waals surface area contributed by atoms with E-state index in [1.807, 2.05) is 0 Å². The minimum Gasteiger partial charge on any atom is -0.444 e. The SMILES string of the molecule is CC(C)(C)OC(=O)NCc1ccc(F)cc1-c1ccc(F)nc1. The van der Waals surface area contributed by atoms with E-state index in [1.165, 1.54) is 30.5 Å². The molecule has 122 valence electrons. The molecule has 0 radical (unpaired) electrons. The second-order valence-corrected chi connectivity index (χ2v) is 6.03. The molecule has 1 aromatic carbocycles. The molecule has 0 aliphatic carbocycles. The number of alkyl carbamates (subject to hydrolysis) is 1. The first-order valence-electron chi connectivity index (χ1n) is 7.12. The van der Waals surface area contributed by atoms with Crippen LogP contribution in [-0.2, 0) is 11.3 Å². The van der Waals surface area contributed by atoms with Gasteiger partial charge < -0.3 is 10.1 Å². The van der Waals surface area contributed by atoms with Crippen molar-refractivity contribution in [1.29, 1.82) is 0 Å². The van der Waals surface area contributed by atoms with Crippen molar-refractivity contribution in [2.75, 3.05) is 0 Å². The highest BCUT2D eigenvalue weighted by Gasteiger charge is 2.16. The van der Waals surface area contributed by atoms with Gasteiger partial charge >= 0.3 is 6.09 Å². The van der Waals surface area contributed by atoms with Gasteiger partial charge in [0, 0.05) is 18.3 Å². The molecule has 0 saturated carbocycles. The van der Waals surface area contributed by atoms with Crippen molar-refractivity contribution < 1.29 is 18.3 Å². The summed E-state index contributed by atoms with van der Waals surface area (Å²) in [5.74, 6) is -1.04. The number of carbonyl (C=O) groups is 1. The number of carbonyl (C=O) groups excluding carboxylic acids is 1. The number of amides is 1. The maximum absolute atomic E-state index is 13.5. The minimum atomic E-state index is -0.612. The van der Waals surface area contributed by atoms with Crippen molar-refractivity contribution in [1.82, 2.24) is 10.3 Å². The van der Waals surface area contributed by atoms with Gasteiger partial charge in [0.15, 0.2) is 0 Å². The van der Waals surface area contributed by atoms with Crippen LogP contribution in [0.1, 0.15) is 26.3 Å². The topological polar surface area (TPSA) is 51.2 Å². The van der Waals surface area contributed by atoms with Crippen LogP contribution in [0.25, 0.3) is 11.1 Å². The largest absolute Gasteiger partial charge is 0.444 e. The third kappa shape index (κ3) is 5.02. The molecule has 0 bridgehead atoms. The predicted octanol–water partition coefficient (Wildman–Crippen LogP) is 4.05. The number of benzene rings is 1. The number of nitrogens with one attached hydrogen (secondary N) is 1. The van der Waals surface area contributed by atoms with E-state index in [2.05, 4.69) is 10.3 Å². The summed E-state index contributed by atoms with van der Waals surface area (Å²) in [6.07, 6.45) is 0.756. The van der Waals surface area contributed by atoms with E-state index >= 15 is 0 Å². The molecule has 0 fully saturated rings. The highest BCUT2D eigenvalue weighted by atomic mass is 19.1. The van der Waals surface area contributed by atoms with Gasteiger partial charge in [-0.3, -0.25) is 0 Å². The van der Waals surface area contributed by atoms with Crippen LogP contribution in [0.4, 0.5) is 13.6 Å². The number of halogens is 2. The Morgan fingerprint density at radius 2 is 1.96 bits per heavy atom. The molecular weight excluding hydrogens is 302 g/mol. The number of ether oxygens (including phenoxy) is 1. The Morgan fingerprint density at radius 3 is 2.57 bits per heavy atom. The fourth-order valence-electron chi connectivity index (χ4n) is 1.99. The van der Waals surface area contributed by atoms with Crippen LogP contribution in [0.2, 0.25) is 0 Å². The lowest BCUT2D eigenvalue weighted by Gasteiger charge is -2.20. The fraction of sp³-hybridized carbons (Fsp3) is 0.294. The summed E-state index contributed by atoms with van der Waals surface area (Å²) in [6.45, 7) is 5.45. The fourth-order valence-corrected chi connectivity index (χ4v) is 1.99. The number of hydrogen-bond donors (Lipinski definition) is 1. The van der Waals surface area contributed by atoms with E-state index in [1.54, 1.807) is 26.8 Å². The maximum Gasteiger partial charge on any atom is 0.407 e. The van der Waals surface area contributed by atoms with Crippen molar-refractivity contribution in [3.63, 3.8) is 0 Å². The van der Waals surface area contributed by atoms with E-state index in [0.717, 1.165) is 0 Å². The molecule has 4 nitrogen and oxygen atoms in total. The normalized spacial score (nSPS) is 11.2. The highest BCUT2D eigenvalue weighted by Crippen LogP contribution is 2.24. The number of rotatable bonds is 3. The van der Waals surface area contributed by atoms with Crippen LogP contribution >= 0.6 is 0 Å². The Hall–Kier alpha value is -2.50. The van der Waals surface area contributed by atoms with Crippen LogP contribution in [0.5, 0.6) is 0 Å². The molecule has 0 aliphatic rings. The minimum absolute atomic E-state index is 0.155. The van der Waals surface area contributed by atoms with Crippen molar-refractivity contribution in [3.8, 4) is 11.1 Å². The summed E-state index contributed by atoms with van der Waals surface area (Å²) in [4.78, 5) is 15.3. The van der Waals surface area contributed by atoms with E-state index in [0.29, 0.717) is 16.7 Å². The lowest BCUT2D eigenvalue weighted by molar-refractivity contribution is 0.0523. The van der Waals surface area contributed by atoms with Crippen LogP contribution in [0.3, 0.4) is 0 Å². The molecule has 2 rings (SSSR count). The molecule has 1 aromatic heterocycles. The lowest BCUT2D eigenvalue weighted by Crippen LogP contribution is -2.32. The van der Waals surface area contributed by atoms with Crippen LogP contribution < -0.4 is 5.32 Å². The summed E-state index contributed by atoms with van der Waals surface area (Å²) >= 11 is 0. The van der Waals surface area contributed by atoms with Gasteiger partial charge in [-0.2, -0.15) is 4.39 Å². The van der Waals surface area contributed by atoms with Gasteiger partial charge in [-0.1, -0.05) is 6.07 Å². The zero-order valence-electron chi connectivity index (χ0n) is 13.2. The van der Waals surface area contributed by atoms with Gasteiger partial charge in [0.2, 0.25) is 5.95 Å². The van der Waals surface area contributed by atoms with E-state index in [4.69, 9.17) is 4.74 Å². The van der Waals surface area contributed by atoms with Crippen LogP contribution in [0.15, 0.2) is 36.5 Å². The van der Waals surface area contributed by atoms with Crippen LogP contribution in [-0.4, -0.2) is 16.7 Å². The third-order valence-corrected chi connectivity index (χ3v) is 2.93. The molecule has 1 N–H and O–H groups in total. The zero-order valence-corrected chi connectivity index (χ0v) is 13.2. The summed E-state index contributed by atoms with van der Waals surface area (Å²) in [6, 6.07) is 6.89. The number of aromatic nitrogens is 1. The Balaban J connectivity index is 2.19. The molecule has 6 heteroatoms. The van der Waals surface area contributed by atoms with Crippen molar-refractivity contribution in [3.05, 3.63) is 53.9 Å². The summed E-state index contributed by atoms with van der Waals surface area (Å²) in [7, 11) is 0. The Labute approximate surface area is 133 Å². The molecule has 0 aliphatic heterocycles. The van der Waals surface area contributed by atoms with E-state index < -0.39 is 23.5 Å². The summed E-state index contributed by atoms with van der Waals surface area (Å²) < 4.78 is 31.6. The Kier molecular flexibility index (Phi) is 4.93. The number of nitrogens with zero attached hydrogens (tertiary/aromatic N) is 1. The molecule has 23 heavy (non-hydrogen) atoms. The molecule has 0 saturated heterocycles. The lowest BCUT2D eigenvalue weighted by atomic mass is 10.0.